The van der Waals surface area contributed by atoms with E-state index in [0.29, 0.717) is 0 Å². The van der Waals surface area contributed by atoms with E-state index in [9.17, 15) is 0 Å². The Hall–Kier alpha value is -8.46. The molecule has 0 atom stereocenters. The molecule has 0 saturated carbocycles. The Morgan fingerprint density at radius 3 is 0.906 bits per heavy atom. The minimum atomic E-state index is 1.17. The fourth-order valence-electron chi connectivity index (χ4n) is 11.0. The topological polar surface area (TPSA) is 9.86 Å². The van der Waals surface area contributed by atoms with Crippen molar-refractivity contribution in [1.29, 1.82) is 0 Å². The molecule has 64 heavy (non-hydrogen) atoms. The Kier molecular flexibility index (Phi) is 7.43. The van der Waals surface area contributed by atoms with Crippen LogP contribution in [0.25, 0.3) is 131 Å². The first kappa shape index (κ1) is 35.2. The van der Waals surface area contributed by atoms with E-state index in [1.165, 1.54) is 131 Å². The fourth-order valence-corrected chi connectivity index (χ4v) is 11.0. The molecule has 0 amide bonds. The maximum absolute atomic E-state index is 2.43. The molecule has 14 rings (SSSR count). The third kappa shape index (κ3) is 5.02. The molecular formula is C62H38N2. The smallest absolute Gasteiger partial charge is 0.0541 e. The third-order valence-corrected chi connectivity index (χ3v) is 13.8. The summed E-state index contributed by atoms with van der Waals surface area (Å²) in [6.45, 7) is 0. The molecule has 0 radical (unpaired) electrons. The highest BCUT2D eigenvalue weighted by molar-refractivity contribution is 6.39. The van der Waals surface area contributed by atoms with Crippen LogP contribution in [0.2, 0.25) is 0 Å². The molecule has 0 saturated heterocycles. The van der Waals surface area contributed by atoms with E-state index in [1.54, 1.807) is 0 Å². The molecule has 0 aliphatic rings. The number of nitrogens with zero attached hydrogens (tertiary/aromatic N) is 2. The molecule has 2 aromatic heterocycles. The zero-order valence-corrected chi connectivity index (χ0v) is 34.8. The van der Waals surface area contributed by atoms with Gasteiger partial charge < -0.3 is 9.13 Å². The molecule has 0 N–H and O–H groups in total. The molecule has 0 unspecified atom stereocenters. The maximum Gasteiger partial charge on any atom is 0.0541 e. The Morgan fingerprint density at radius 2 is 0.484 bits per heavy atom. The number of hydrogen-bond donors (Lipinski definition) is 0. The molecule has 0 fully saturated rings. The molecule has 0 aliphatic carbocycles. The molecule has 2 heteroatoms. The number of hydrogen-bond acceptors (Lipinski definition) is 0. The maximum atomic E-state index is 2.43. The van der Waals surface area contributed by atoms with Crippen LogP contribution >= 0.6 is 0 Å². The Balaban J connectivity index is 0.973. The van der Waals surface area contributed by atoms with Gasteiger partial charge >= 0.3 is 0 Å². The average Bonchev–Trinajstić information content (AvgIpc) is 3.88. The van der Waals surface area contributed by atoms with Gasteiger partial charge in [-0.3, -0.25) is 0 Å². The van der Waals surface area contributed by atoms with Crippen molar-refractivity contribution in [2.45, 2.75) is 0 Å². The van der Waals surface area contributed by atoms with Crippen molar-refractivity contribution < 1.29 is 0 Å². The van der Waals surface area contributed by atoms with E-state index < -0.39 is 0 Å². The minimum Gasteiger partial charge on any atom is -0.309 e. The molecule has 2 nitrogen and oxygen atoms in total. The summed E-state index contributed by atoms with van der Waals surface area (Å²) in [5, 5.41) is 17.9. The first-order valence-corrected chi connectivity index (χ1v) is 22.2. The zero-order chi connectivity index (χ0) is 41.9. The normalized spacial score (nSPS) is 12.1. The third-order valence-electron chi connectivity index (χ3n) is 13.8. The van der Waals surface area contributed by atoms with Crippen LogP contribution in [0.3, 0.4) is 0 Å². The van der Waals surface area contributed by atoms with Crippen LogP contribution in [-0.2, 0) is 0 Å². The first-order chi connectivity index (χ1) is 31.8. The molecule has 0 spiro atoms. The summed E-state index contributed by atoms with van der Waals surface area (Å²) < 4.78 is 4.77. The van der Waals surface area contributed by atoms with Gasteiger partial charge in [0.25, 0.3) is 0 Å². The molecule has 0 aliphatic heterocycles. The Labute approximate surface area is 369 Å². The molecular weight excluding hydrogens is 773 g/mol. The first-order valence-electron chi connectivity index (χ1n) is 22.2. The fraction of sp³-hybridized carbons (Fsp3) is 0. The van der Waals surface area contributed by atoms with Gasteiger partial charge in [-0.05, 0) is 149 Å². The van der Waals surface area contributed by atoms with Gasteiger partial charge in [-0.25, -0.2) is 0 Å². The monoisotopic (exact) mass is 810 g/mol. The lowest BCUT2D eigenvalue weighted by Crippen LogP contribution is -1.93. The highest BCUT2D eigenvalue weighted by Gasteiger charge is 2.19. The predicted octanol–water partition coefficient (Wildman–Crippen LogP) is 17.0. The van der Waals surface area contributed by atoms with Crippen LogP contribution in [0, 0.1) is 0 Å². The molecule has 12 aromatic carbocycles. The van der Waals surface area contributed by atoms with Crippen molar-refractivity contribution >= 4 is 97.5 Å². The summed E-state index contributed by atoms with van der Waals surface area (Å²) in [5.74, 6) is 0. The van der Waals surface area contributed by atoms with Crippen LogP contribution in [0.1, 0.15) is 0 Å². The lowest BCUT2D eigenvalue weighted by molar-refractivity contribution is 1.18. The van der Waals surface area contributed by atoms with Gasteiger partial charge in [-0.2, -0.15) is 0 Å². The van der Waals surface area contributed by atoms with Crippen LogP contribution in [-0.4, -0.2) is 9.13 Å². The zero-order valence-electron chi connectivity index (χ0n) is 34.8. The van der Waals surface area contributed by atoms with E-state index >= 15 is 0 Å². The summed E-state index contributed by atoms with van der Waals surface area (Å²) in [7, 11) is 0. The summed E-state index contributed by atoms with van der Waals surface area (Å²) in [6.07, 6.45) is 0. The van der Waals surface area contributed by atoms with Gasteiger partial charge in [0.1, 0.15) is 0 Å². The lowest BCUT2D eigenvalue weighted by atomic mass is 9.85. The molecule has 2 heterocycles. The van der Waals surface area contributed by atoms with Gasteiger partial charge in [0, 0.05) is 32.9 Å². The molecule has 0 bridgehead atoms. The number of para-hydroxylation sites is 4. The Bertz CT molecular complexity index is 3950. The van der Waals surface area contributed by atoms with Gasteiger partial charge in [0.15, 0.2) is 0 Å². The van der Waals surface area contributed by atoms with E-state index in [1.807, 2.05) is 0 Å². The number of fused-ring (bicyclic) bond motifs is 17. The summed E-state index contributed by atoms with van der Waals surface area (Å²) >= 11 is 0. The van der Waals surface area contributed by atoms with Crippen molar-refractivity contribution in [3.63, 3.8) is 0 Å². The molecule has 14 aromatic rings. The van der Waals surface area contributed by atoms with Crippen LogP contribution < -0.4 is 0 Å². The average molecular weight is 811 g/mol. The Morgan fingerprint density at radius 1 is 0.188 bits per heavy atom. The predicted molar refractivity (Wildman–Crippen MR) is 274 cm³/mol. The summed E-state index contributed by atoms with van der Waals surface area (Å²) in [6, 6.07) is 85.3. The van der Waals surface area contributed by atoms with Gasteiger partial charge in [0.05, 0.1) is 22.1 Å². The van der Waals surface area contributed by atoms with Gasteiger partial charge in [-0.15, -0.1) is 0 Å². The standard InChI is InChI=1S/C62H38N2/c1-3-15-43(16-4-1)63-57-25-13-11-21-47(57)55-37-41(29-33-59(55)63)39-27-31-51-53(35-39)45-19-7-9-23-49(45)62-52-32-28-40(36-54(52)46-20-8-10-24-50(46)61(51)62)42-30-34-60-56(38-42)48-22-12-14-26-58(48)64(60)44-17-5-2-6-18-44/h1-38H. The van der Waals surface area contributed by atoms with Crippen LogP contribution in [0.15, 0.2) is 231 Å². The number of aromatic nitrogens is 2. The molecule has 296 valence electrons. The van der Waals surface area contributed by atoms with Crippen LogP contribution in [0.5, 0.6) is 0 Å². The van der Waals surface area contributed by atoms with E-state index in [0.717, 1.165) is 0 Å². The minimum absolute atomic E-state index is 1.17. The van der Waals surface area contributed by atoms with Gasteiger partial charge in [0.2, 0.25) is 0 Å². The second-order valence-corrected chi connectivity index (χ2v) is 17.2. The largest absolute Gasteiger partial charge is 0.309 e. The van der Waals surface area contributed by atoms with Crippen molar-refractivity contribution in [2.75, 3.05) is 0 Å². The lowest BCUT2D eigenvalue weighted by Gasteiger charge is -2.18. The quantitative estimate of drug-likeness (QED) is 0.157. The highest BCUT2D eigenvalue weighted by Crippen LogP contribution is 2.46. The van der Waals surface area contributed by atoms with Crippen molar-refractivity contribution in [3.05, 3.63) is 231 Å². The van der Waals surface area contributed by atoms with Crippen LogP contribution in [0.4, 0.5) is 0 Å². The van der Waals surface area contributed by atoms with E-state index in [-0.39, 0.29) is 0 Å². The van der Waals surface area contributed by atoms with Crippen molar-refractivity contribution in [2.24, 2.45) is 0 Å². The summed E-state index contributed by atoms with van der Waals surface area (Å²) in [4.78, 5) is 0. The van der Waals surface area contributed by atoms with E-state index in [4.69, 9.17) is 0 Å². The second-order valence-electron chi connectivity index (χ2n) is 17.2. The van der Waals surface area contributed by atoms with E-state index in [2.05, 4.69) is 240 Å². The summed E-state index contributed by atoms with van der Waals surface area (Å²) in [5.41, 5.74) is 12.1. The number of rotatable bonds is 4. The van der Waals surface area contributed by atoms with Gasteiger partial charge in [-0.1, -0.05) is 158 Å². The van der Waals surface area contributed by atoms with Crippen molar-refractivity contribution in [1.82, 2.24) is 9.13 Å². The SMILES string of the molecule is c1ccc(-n2c3ccccc3c3cc(-c4ccc5c(c4)c4ccccc4c4c6ccc(-c7ccc8c(c7)c7ccccc7n8-c7ccccc7)cc6c6ccccc6c54)ccc32)cc1. The second kappa shape index (κ2) is 13.5. The van der Waals surface area contributed by atoms with Crippen molar-refractivity contribution in [3.8, 4) is 33.6 Å². The number of benzene rings is 12. The highest BCUT2D eigenvalue weighted by atomic mass is 15.0.